The monoisotopic (exact) mass is 353 g/mol. The lowest BCUT2D eigenvalue weighted by Gasteiger charge is -2.43. The van der Waals surface area contributed by atoms with Gasteiger partial charge < -0.3 is 15.0 Å². The third kappa shape index (κ3) is 3.31. The highest BCUT2D eigenvalue weighted by Crippen LogP contribution is 2.31. The van der Waals surface area contributed by atoms with Crippen molar-refractivity contribution in [2.75, 3.05) is 39.2 Å². The van der Waals surface area contributed by atoms with Crippen molar-refractivity contribution in [1.29, 1.82) is 0 Å². The van der Waals surface area contributed by atoms with Crippen LogP contribution in [0.2, 0.25) is 0 Å². The first kappa shape index (κ1) is 17.4. The maximum Gasteiger partial charge on any atom is 0.161 e. The number of fused-ring (bicyclic) bond motifs is 1. The van der Waals surface area contributed by atoms with Crippen LogP contribution >= 0.6 is 0 Å². The molecular weight excluding hydrogens is 326 g/mol. The summed E-state index contributed by atoms with van der Waals surface area (Å²) in [6.07, 6.45) is 8.92. The number of rotatable bonds is 5. The summed E-state index contributed by atoms with van der Waals surface area (Å²) in [5, 5.41) is 3.68. The van der Waals surface area contributed by atoms with Crippen molar-refractivity contribution in [3.8, 4) is 11.4 Å². The molecule has 0 aromatic carbocycles. The molecule has 0 atom stereocenters. The molecule has 1 N–H and O–H groups in total. The van der Waals surface area contributed by atoms with Gasteiger partial charge in [-0.05, 0) is 58.3 Å². The van der Waals surface area contributed by atoms with Gasteiger partial charge in [0.05, 0.1) is 0 Å². The average Bonchev–Trinajstić information content (AvgIpc) is 3.16. The van der Waals surface area contributed by atoms with Gasteiger partial charge in [-0.15, -0.1) is 0 Å². The van der Waals surface area contributed by atoms with Crippen molar-refractivity contribution in [2.24, 2.45) is 0 Å². The molecule has 2 aliphatic rings. The Hall–Kier alpha value is -2.05. The Morgan fingerprint density at radius 1 is 1.12 bits per heavy atom. The lowest BCUT2D eigenvalue weighted by molar-refractivity contribution is -0.000671. The van der Waals surface area contributed by atoms with Crippen LogP contribution in [0.5, 0.6) is 0 Å². The van der Waals surface area contributed by atoms with Gasteiger partial charge in [0.1, 0.15) is 5.82 Å². The number of hydrogen-bond donors (Lipinski definition) is 1. The van der Waals surface area contributed by atoms with E-state index in [-0.39, 0.29) is 5.54 Å². The Labute approximate surface area is 155 Å². The van der Waals surface area contributed by atoms with Gasteiger partial charge >= 0.3 is 0 Å². The van der Waals surface area contributed by atoms with Gasteiger partial charge in [0, 0.05) is 54.5 Å². The minimum atomic E-state index is 0.117. The van der Waals surface area contributed by atoms with Crippen molar-refractivity contribution in [2.45, 2.75) is 37.6 Å². The van der Waals surface area contributed by atoms with Gasteiger partial charge in [0.15, 0.2) is 5.82 Å². The summed E-state index contributed by atoms with van der Waals surface area (Å²) in [4.78, 5) is 16.2. The van der Waals surface area contributed by atoms with Crippen LogP contribution in [0.15, 0.2) is 24.5 Å². The van der Waals surface area contributed by atoms with Crippen LogP contribution < -0.4 is 5.32 Å². The van der Waals surface area contributed by atoms with Crippen LogP contribution in [0.1, 0.15) is 30.5 Å². The maximum absolute atomic E-state index is 5.59. The molecule has 26 heavy (non-hydrogen) atoms. The molecule has 2 aromatic rings. The summed E-state index contributed by atoms with van der Waals surface area (Å²) in [6.45, 7) is 2.52. The first-order valence-electron chi connectivity index (χ1n) is 9.47. The largest absolute Gasteiger partial charge is 0.381 e. The fraction of sp³-hybridized carbons (Fsp3) is 0.550. The number of nitrogens with one attached hydrogen (secondary N) is 1. The molecule has 6 nitrogen and oxygen atoms in total. The van der Waals surface area contributed by atoms with Gasteiger partial charge in [-0.1, -0.05) is 0 Å². The zero-order chi connectivity index (χ0) is 18.0. The van der Waals surface area contributed by atoms with Gasteiger partial charge in [0.25, 0.3) is 0 Å². The van der Waals surface area contributed by atoms with E-state index in [2.05, 4.69) is 29.3 Å². The highest BCUT2D eigenvalue weighted by Gasteiger charge is 2.35. The van der Waals surface area contributed by atoms with E-state index >= 15 is 0 Å². The summed E-state index contributed by atoms with van der Waals surface area (Å²) in [6, 6.07) is 3.94. The molecule has 6 heteroatoms. The van der Waals surface area contributed by atoms with E-state index in [9.17, 15) is 0 Å². The number of aromatic nitrogens is 3. The number of ether oxygens (including phenoxy) is 1. The van der Waals surface area contributed by atoms with Crippen molar-refractivity contribution < 1.29 is 4.74 Å². The molecule has 0 amide bonds. The second-order valence-corrected chi connectivity index (χ2v) is 7.50. The SMILES string of the molecule is CN(C)C1(CNc2nc(-c3ccncc3)nc3c2CCC3)CCOCC1. The Morgan fingerprint density at radius 3 is 2.62 bits per heavy atom. The normalized spacial score (nSPS) is 18.7. The second kappa shape index (κ2) is 7.29. The summed E-state index contributed by atoms with van der Waals surface area (Å²) >= 11 is 0. The number of pyridine rings is 1. The molecule has 2 aromatic heterocycles. The van der Waals surface area contributed by atoms with E-state index in [1.165, 1.54) is 11.3 Å². The lowest BCUT2D eigenvalue weighted by Crippen LogP contribution is -2.53. The van der Waals surface area contributed by atoms with Gasteiger partial charge in [-0.25, -0.2) is 9.97 Å². The fourth-order valence-electron chi connectivity index (χ4n) is 3.99. The number of aryl methyl sites for hydroxylation is 1. The Balaban J connectivity index is 1.62. The molecule has 0 spiro atoms. The van der Waals surface area contributed by atoms with E-state index in [1.54, 1.807) is 12.4 Å². The first-order valence-corrected chi connectivity index (χ1v) is 9.47. The van der Waals surface area contributed by atoms with Crippen molar-refractivity contribution >= 4 is 5.82 Å². The lowest BCUT2D eigenvalue weighted by atomic mass is 9.88. The van der Waals surface area contributed by atoms with Crippen LogP contribution in [-0.4, -0.2) is 59.2 Å². The quantitative estimate of drug-likeness (QED) is 0.891. The van der Waals surface area contributed by atoms with Gasteiger partial charge in [-0.3, -0.25) is 4.98 Å². The zero-order valence-electron chi connectivity index (χ0n) is 15.7. The summed E-state index contributed by atoms with van der Waals surface area (Å²) in [5.41, 5.74) is 3.63. The molecule has 1 saturated heterocycles. The third-order valence-electron chi connectivity index (χ3n) is 5.83. The number of nitrogens with zero attached hydrogens (tertiary/aromatic N) is 4. The third-order valence-corrected chi connectivity index (χ3v) is 5.83. The van der Waals surface area contributed by atoms with Crippen LogP contribution in [0.3, 0.4) is 0 Å². The average molecular weight is 353 g/mol. The summed E-state index contributed by atoms with van der Waals surface area (Å²) in [7, 11) is 4.33. The molecule has 0 bridgehead atoms. The smallest absolute Gasteiger partial charge is 0.161 e. The zero-order valence-corrected chi connectivity index (χ0v) is 15.7. The number of hydrogen-bond acceptors (Lipinski definition) is 6. The van der Waals surface area contributed by atoms with E-state index in [4.69, 9.17) is 14.7 Å². The van der Waals surface area contributed by atoms with Crippen molar-refractivity contribution in [3.05, 3.63) is 35.8 Å². The minimum absolute atomic E-state index is 0.117. The molecule has 1 aliphatic carbocycles. The molecule has 0 saturated carbocycles. The summed E-state index contributed by atoms with van der Waals surface area (Å²) < 4.78 is 5.59. The van der Waals surface area contributed by atoms with E-state index in [1.807, 2.05) is 12.1 Å². The fourth-order valence-corrected chi connectivity index (χ4v) is 3.99. The molecule has 1 fully saturated rings. The van der Waals surface area contributed by atoms with E-state index < -0.39 is 0 Å². The molecular formula is C20H27N5O. The molecule has 1 aliphatic heterocycles. The van der Waals surface area contributed by atoms with Crippen LogP contribution in [0.4, 0.5) is 5.82 Å². The first-order chi connectivity index (χ1) is 12.7. The molecule has 0 radical (unpaired) electrons. The summed E-state index contributed by atoms with van der Waals surface area (Å²) in [5.74, 6) is 1.80. The second-order valence-electron chi connectivity index (χ2n) is 7.50. The standard InChI is InChI=1S/C20H27N5O/c1-25(2)20(8-12-26-13-9-20)14-22-19-16-4-3-5-17(16)23-18(24-19)15-6-10-21-11-7-15/h6-7,10-11H,3-5,8-9,12-14H2,1-2H3,(H,22,23,24). The Bertz CT molecular complexity index is 756. The number of anilines is 1. The van der Waals surface area contributed by atoms with Crippen molar-refractivity contribution in [3.63, 3.8) is 0 Å². The predicted molar refractivity (Wildman–Crippen MR) is 102 cm³/mol. The molecule has 138 valence electrons. The molecule has 0 unspecified atom stereocenters. The molecule has 3 heterocycles. The maximum atomic E-state index is 5.59. The van der Waals surface area contributed by atoms with Crippen molar-refractivity contribution in [1.82, 2.24) is 19.9 Å². The van der Waals surface area contributed by atoms with Gasteiger partial charge in [0.2, 0.25) is 0 Å². The van der Waals surface area contributed by atoms with E-state index in [0.29, 0.717) is 0 Å². The topological polar surface area (TPSA) is 63.2 Å². The Kier molecular flexibility index (Phi) is 4.87. The molecule has 4 rings (SSSR count). The van der Waals surface area contributed by atoms with Crippen LogP contribution in [0, 0.1) is 0 Å². The highest BCUT2D eigenvalue weighted by molar-refractivity contribution is 5.60. The highest BCUT2D eigenvalue weighted by atomic mass is 16.5. The number of likely N-dealkylation sites (N-methyl/N-ethyl adjacent to an activating group) is 1. The Morgan fingerprint density at radius 2 is 1.88 bits per heavy atom. The predicted octanol–water partition coefficient (Wildman–Crippen LogP) is 2.55. The minimum Gasteiger partial charge on any atom is -0.381 e. The van der Waals surface area contributed by atoms with Gasteiger partial charge in [-0.2, -0.15) is 0 Å². The van der Waals surface area contributed by atoms with E-state index in [0.717, 1.165) is 69.1 Å². The van der Waals surface area contributed by atoms with Crippen LogP contribution in [-0.2, 0) is 17.6 Å². The van der Waals surface area contributed by atoms with Crippen LogP contribution in [0.25, 0.3) is 11.4 Å².